The number of alkyl halides is 6. The molecule has 20 heavy (non-hydrogen) atoms. The van der Waals surface area contributed by atoms with Gasteiger partial charge in [0, 0.05) is 6.54 Å². The second kappa shape index (κ2) is 6.01. The molecule has 0 heterocycles. The summed E-state index contributed by atoms with van der Waals surface area (Å²) in [6, 6.07) is 3.90. The van der Waals surface area contributed by atoms with E-state index in [-0.39, 0.29) is 5.56 Å². The highest BCUT2D eigenvalue weighted by atomic mass is 19.4. The van der Waals surface area contributed by atoms with Crippen LogP contribution in [0.2, 0.25) is 0 Å². The highest BCUT2D eigenvalue weighted by Crippen LogP contribution is 2.31. The zero-order valence-corrected chi connectivity index (χ0v) is 10.5. The number of nitrogens with zero attached hydrogens (tertiary/aromatic N) is 1. The summed E-state index contributed by atoms with van der Waals surface area (Å²) in [5.41, 5.74) is -1.03. The minimum atomic E-state index is -4.56. The molecule has 1 aromatic rings. The molecule has 0 aliphatic rings. The van der Waals surface area contributed by atoms with E-state index in [1.165, 1.54) is 6.07 Å². The maximum Gasteiger partial charge on any atom is 0.416 e. The minimum absolute atomic E-state index is 0.0751. The van der Waals surface area contributed by atoms with E-state index < -0.39 is 37.1 Å². The average molecular weight is 301 g/mol. The Kier molecular flexibility index (Phi) is 5.04. The molecule has 0 aromatic heterocycles. The predicted octanol–water partition coefficient (Wildman–Crippen LogP) is 3.23. The Bertz CT molecular complexity index is 442. The average Bonchev–Trinajstić information content (AvgIpc) is 2.25. The molecule has 0 fully saturated rings. The first-order valence-electron chi connectivity index (χ1n) is 5.59. The van der Waals surface area contributed by atoms with Crippen LogP contribution in [0.5, 0.6) is 0 Å². The van der Waals surface area contributed by atoms with Gasteiger partial charge in [-0.1, -0.05) is 12.1 Å². The molecule has 2 nitrogen and oxygen atoms in total. The molecule has 0 aliphatic carbocycles. The third-order valence-corrected chi connectivity index (χ3v) is 2.53. The molecule has 0 saturated heterocycles. The number of benzene rings is 1. The van der Waals surface area contributed by atoms with Crippen LogP contribution >= 0.6 is 0 Å². The predicted molar refractivity (Wildman–Crippen MR) is 60.0 cm³/mol. The number of aliphatic hydroxyl groups is 1. The van der Waals surface area contributed by atoms with Crippen LogP contribution in [0.1, 0.15) is 17.2 Å². The Morgan fingerprint density at radius 1 is 1.15 bits per heavy atom. The molecule has 1 unspecified atom stereocenters. The zero-order valence-electron chi connectivity index (χ0n) is 10.5. The van der Waals surface area contributed by atoms with E-state index >= 15 is 0 Å². The molecule has 0 saturated carbocycles. The van der Waals surface area contributed by atoms with Gasteiger partial charge in [0.15, 0.2) is 0 Å². The summed E-state index contributed by atoms with van der Waals surface area (Å²) >= 11 is 0. The third kappa shape index (κ3) is 5.38. The first kappa shape index (κ1) is 16.8. The van der Waals surface area contributed by atoms with Gasteiger partial charge in [-0.15, -0.1) is 0 Å². The molecule has 8 heteroatoms. The molecule has 1 aromatic carbocycles. The smallest absolute Gasteiger partial charge is 0.387 e. The summed E-state index contributed by atoms with van der Waals surface area (Å²) in [7, 11) is 1.13. The third-order valence-electron chi connectivity index (χ3n) is 2.53. The van der Waals surface area contributed by atoms with Gasteiger partial charge in [-0.25, -0.2) is 0 Å². The summed E-state index contributed by atoms with van der Waals surface area (Å²) in [5.74, 6) is 0. The molecule has 0 aliphatic heterocycles. The van der Waals surface area contributed by atoms with E-state index in [0.717, 1.165) is 30.1 Å². The lowest BCUT2D eigenvalue weighted by molar-refractivity contribution is -0.145. The second-order valence-corrected chi connectivity index (χ2v) is 4.45. The molecule has 0 spiro atoms. The van der Waals surface area contributed by atoms with Crippen LogP contribution in [0, 0.1) is 0 Å². The SMILES string of the molecule is CN(CC(O)c1cccc(C(F)(F)F)c1)CC(F)(F)F. The van der Waals surface area contributed by atoms with Crippen molar-refractivity contribution in [3.05, 3.63) is 35.4 Å². The van der Waals surface area contributed by atoms with E-state index in [1.54, 1.807) is 0 Å². The van der Waals surface area contributed by atoms with E-state index in [4.69, 9.17) is 0 Å². The fourth-order valence-electron chi connectivity index (χ4n) is 1.69. The summed E-state index contributed by atoms with van der Waals surface area (Å²) in [5, 5.41) is 9.70. The van der Waals surface area contributed by atoms with Crippen molar-refractivity contribution in [3.8, 4) is 0 Å². The zero-order chi connectivity index (χ0) is 15.6. The van der Waals surface area contributed by atoms with Crippen molar-refractivity contribution in [1.29, 1.82) is 0 Å². The maximum absolute atomic E-state index is 12.5. The van der Waals surface area contributed by atoms with Gasteiger partial charge in [-0.05, 0) is 24.7 Å². The second-order valence-electron chi connectivity index (χ2n) is 4.45. The molecule has 1 N–H and O–H groups in total. The number of likely N-dealkylation sites (N-methyl/N-ethyl adjacent to an activating group) is 1. The molecule has 1 rings (SSSR count). The summed E-state index contributed by atoms with van der Waals surface area (Å²) < 4.78 is 73.7. The van der Waals surface area contributed by atoms with Crippen LogP contribution < -0.4 is 0 Å². The summed E-state index contributed by atoms with van der Waals surface area (Å²) in [4.78, 5) is 0.797. The molecule has 114 valence electrons. The van der Waals surface area contributed by atoms with Crippen LogP contribution in [-0.2, 0) is 6.18 Å². The lowest BCUT2D eigenvalue weighted by atomic mass is 10.1. The number of halogens is 6. The maximum atomic E-state index is 12.5. The van der Waals surface area contributed by atoms with Gasteiger partial charge in [0.2, 0.25) is 0 Å². The Labute approximate surface area is 111 Å². The Balaban J connectivity index is 2.75. The van der Waals surface area contributed by atoms with Gasteiger partial charge in [0.25, 0.3) is 0 Å². The summed E-state index contributed by atoms with van der Waals surface area (Å²) in [6.07, 6.45) is -10.4. The van der Waals surface area contributed by atoms with Gasteiger partial charge >= 0.3 is 12.4 Å². The first-order valence-corrected chi connectivity index (χ1v) is 5.59. The van der Waals surface area contributed by atoms with Crippen LogP contribution in [0.3, 0.4) is 0 Å². The Morgan fingerprint density at radius 2 is 1.75 bits per heavy atom. The van der Waals surface area contributed by atoms with E-state index in [1.807, 2.05) is 0 Å². The van der Waals surface area contributed by atoms with Crippen molar-refractivity contribution in [1.82, 2.24) is 4.90 Å². The normalized spacial score (nSPS) is 14.7. The molecule has 0 bridgehead atoms. The molecule has 0 amide bonds. The van der Waals surface area contributed by atoms with Gasteiger partial charge in [0.05, 0.1) is 18.2 Å². The van der Waals surface area contributed by atoms with Crippen molar-refractivity contribution in [2.24, 2.45) is 0 Å². The lowest BCUT2D eigenvalue weighted by Crippen LogP contribution is -2.34. The highest BCUT2D eigenvalue weighted by molar-refractivity contribution is 5.27. The molecular weight excluding hydrogens is 288 g/mol. The Morgan fingerprint density at radius 3 is 2.25 bits per heavy atom. The van der Waals surface area contributed by atoms with Crippen LogP contribution in [-0.4, -0.2) is 36.3 Å². The van der Waals surface area contributed by atoms with Crippen molar-refractivity contribution in [3.63, 3.8) is 0 Å². The fourth-order valence-corrected chi connectivity index (χ4v) is 1.69. The number of hydrogen-bond donors (Lipinski definition) is 1. The number of hydrogen-bond acceptors (Lipinski definition) is 2. The van der Waals surface area contributed by atoms with E-state index in [0.29, 0.717) is 0 Å². The standard InChI is InChI=1S/C12H13F6NO/c1-19(7-11(13,14)15)6-10(20)8-3-2-4-9(5-8)12(16,17)18/h2-5,10,20H,6-7H2,1H3. The van der Waals surface area contributed by atoms with Crippen LogP contribution in [0.25, 0.3) is 0 Å². The van der Waals surface area contributed by atoms with Crippen molar-refractivity contribution in [2.75, 3.05) is 20.1 Å². The number of rotatable bonds is 4. The highest BCUT2D eigenvalue weighted by Gasteiger charge is 2.32. The van der Waals surface area contributed by atoms with E-state index in [2.05, 4.69) is 0 Å². The largest absolute Gasteiger partial charge is 0.416 e. The van der Waals surface area contributed by atoms with Crippen molar-refractivity contribution < 1.29 is 31.4 Å². The molecule has 0 radical (unpaired) electrons. The summed E-state index contributed by atoms with van der Waals surface area (Å²) in [6.45, 7) is -1.66. The van der Waals surface area contributed by atoms with Crippen molar-refractivity contribution in [2.45, 2.75) is 18.5 Å². The fraction of sp³-hybridized carbons (Fsp3) is 0.500. The van der Waals surface area contributed by atoms with E-state index in [9.17, 15) is 31.4 Å². The van der Waals surface area contributed by atoms with Gasteiger partial charge < -0.3 is 5.11 Å². The van der Waals surface area contributed by atoms with Crippen LogP contribution in [0.15, 0.2) is 24.3 Å². The van der Waals surface area contributed by atoms with Crippen molar-refractivity contribution >= 4 is 0 Å². The monoisotopic (exact) mass is 301 g/mol. The molecular formula is C12H13F6NO. The lowest BCUT2D eigenvalue weighted by Gasteiger charge is -2.22. The van der Waals surface area contributed by atoms with Gasteiger partial charge in [-0.3, -0.25) is 4.90 Å². The topological polar surface area (TPSA) is 23.5 Å². The minimum Gasteiger partial charge on any atom is -0.387 e. The first-order chi connectivity index (χ1) is 8.99. The van der Waals surface area contributed by atoms with Crippen LogP contribution in [0.4, 0.5) is 26.3 Å². The van der Waals surface area contributed by atoms with Gasteiger partial charge in [-0.2, -0.15) is 26.3 Å². The van der Waals surface area contributed by atoms with Gasteiger partial charge in [0.1, 0.15) is 0 Å². The number of aliphatic hydroxyl groups excluding tert-OH is 1. The Hall–Kier alpha value is -1.28. The quantitative estimate of drug-likeness (QED) is 0.863. The molecule has 1 atom stereocenters.